The molecule has 2 heterocycles. The smallest absolute Gasteiger partial charge is 0.295 e. The maximum atomic E-state index is 13.8. The topological polar surface area (TPSA) is 78.2 Å². The van der Waals surface area contributed by atoms with Crippen LogP contribution >= 0.6 is 23.2 Å². The normalized spacial score (nSPS) is 14.6. The van der Waals surface area contributed by atoms with Crippen molar-refractivity contribution in [2.45, 2.75) is 25.8 Å². The first-order chi connectivity index (χ1) is 18.4. The van der Waals surface area contributed by atoms with Gasteiger partial charge in [-0.25, -0.2) is 0 Å². The van der Waals surface area contributed by atoms with Crippen molar-refractivity contribution in [3.63, 3.8) is 0 Å². The molecule has 1 aliphatic heterocycles. The third-order valence-electron chi connectivity index (χ3n) is 6.50. The Morgan fingerprint density at radius 2 is 1.68 bits per heavy atom. The van der Waals surface area contributed by atoms with Gasteiger partial charge >= 0.3 is 0 Å². The Morgan fingerprint density at radius 3 is 2.39 bits per heavy atom. The molecule has 0 aliphatic carbocycles. The lowest BCUT2D eigenvalue weighted by molar-refractivity contribution is 0.0971. The molecule has 196 valence electrons. The van der Waals surface area contributed by atoms with Crippen molar-refractivity contribution in [1.29, 1.82) is 0 Å². The number of methoxy groups -OCH3 is 2. The molecule has 7 nitrogen and oxygen atoms in total. The van der Waals surface area contributed by atoms with Crippen LogP contribution in [0.5, 0.6) is 17.2 Å². The van der Waals surface area contributed by atoms with Gasteiger partial charge < -0.3 is 18.6 Å². The predicted octanol–water partition coefficient (Wildman–Crippen LogP) is 7.05. The van der Waals surface area contributed by atoms with Crippen LogP contribution < -0.4 is 24.5 Å². The largest absolute Gasteiger partial charge is 0.495 e. The molecule has 0 N–H and O–H groups in total. The molecule has 9 heteroatoms. The van der Waals surface area contributed by atoms with Crippen molar-refractivity contribution < 1.29 is 23.4 Å². The minimum atomic E-state index is -0.819. The highest BCUT2D eigenvalue weighted by Gasteiger charge is 2.44. The van der Waals surface area contributed by atoms with E-state index in [4.69, 9.17) is 41.8 Å². The van der Waals surface area contributed by atoms with Gasteiger partial charge in [0.05, 0.1) is 42.8 Å². The number of unbranched alkanes of at least 4 members (excludes halogenated alkanes) is 1. The lowest BCUT2D eigenvalue weighted by Gasteiger charge is -2.26. The first-order valence-corrected chi connectivity index (χ1v) is 12.9. The van der Waals surface area contributed by atoms with E-state index in [-0.39, 0.29) is 27.7 Å². The van der Waals surface area contributed by atoms with E-state index < -0.39 is 11.9 Å². The number of nitrogens with zero attached hydrogens (tertiary/aromatic N) is 1. The molecule has 1 amide bonds. The SMILES string of the molecule is CCCCOc1ccc(C2c3c(oc4ccc(Cl)cc4c3=O)C(=O)N2c2ccc(OC)c(Cl)c2)cc1OC. The Kier molecular flexibility index (Phi) is 7.23. The summed E-state index contributed by atoms with van der Waals surface area (Å²) in [6.45, 7) is 2.63. The highest BCUT2D eigenvalue weighted by atomic mass is 35.5. The lowest BCUT2D eigenvalue weighted by Crippen LogP contribution is -2.29. The fraction of sp³-hybridized carbons (Fsp3) is 0.241. The molecule has 0 saturated carbocycles. The maximum Gasteiger partial charge on any atom is 0.295 e. The van der Waals surface area contributed by atoms with Gasteiger partial charge in [0.1, 0.15) is 11.3 Å². The van der Waals surface area contributed by atoms with Gasteiger partial charge in [0.15, 0.2) is 16.9 Å². The summed E-state index contributed by atoms with van der Waals surface area (Å²) in [7, 11) is 3.06. The van der Waals surface area contributed by atoms with Gasteiger partial charge in [-0.15, -0.1) is 0 Å². The van der Waals surface area contributed by atoms with Crippen molar-refractivity contribution in [1.82, 2.24) is 0 Å². The summed E-state index contributed by atoms with van der Waals surface area (Å²) < 4.78 is 22.8. The summed E-state index contributed by atoms with van der Waals surface area (Å²) in [5.74, 6) is 1.01. The zero-order valence-corrected chi connectivity index (χ0v) is 22.6. The van der Waals surface area contributed by atoms with Crippen LogP contribution in [-0.4, -0.2) is 26.7 Å². The number of amides is 1. The number of hydrogen-bond donors (Lipinski definition) is 0. The summed E-state index contributed by atoms with van der Waals surface area (Å²) >= 11 is 12.6. The Morgan fingerprint density at radius 1 is 0.921 bits per heavy atom. The van der Waals surface area contributed by atoms with Crippen molar-refractivity contribution in [2.24, 2.45) is 0 Å². The molecule has 38 heavy (non-hydrogen) atoms. The molecule has 1 aromatic heterocycles. The molecule has 1 unspecified atom stereocenters. The van der Waals surface area contributed by atoms with Crippen LogP contribution in [0.2, 0.25) is 10.0 Å². The van der Waals surface area contributed by atoms with Gasteiger partial charge in [-0.3, -0.25) is 14.5 Å². The Labute approximate surface area is 229 Å². The van der Waals surface area contributed by atoms with E-state index in [2.05, 4.69) is 6.92 Å². The number of ether oxygens (including phenoxy) is 3. The fourth-order valence-corrected chi connectivity index (χ4v) is 5.06. The van der Waals surface area contributed by atoms with Gasteiger partial charge in [0.25, 0.3) is 5.91 Å². The van der Waals surface area contributed by atoms with Gasteiger partial charge in [-0.05, 0) is 60.5 Å². The van der Waals surface area contributed by atoms with E-state index in [0.29, 0.717) is 45.2 Å². The average molecular weight is 554 g/mol. The second-order valence-electron chi connectivity index (χ2n) is 8.82. The average Bonchev–Trinajstić information content (AvgIpc) is 3.21. The van der Waals surface area contributed by atoms with Crippen LogP contribution in [0.15, 0.2) is 63.8 Å². The first-order valence-electron chi connectivity index (χ1n) is 12.1. The second kappa shape index (κ2) is 10.6. The molecule has 0 spiro atoms. The van der Waals surface area contributed by atoms with E-state index in [9.17, 15) is 9.59 Å². The number of fused-ring (bicyclic) bond motifs is 2. The monoisotopic (exact) mass is 553 g/mol. The number of halogens is 2. The first kappa shape index (κ1) is 25.9. The summed E-state index contributed by atoms with van der Waals surface area (Å²) in [5.41, 5.74) is 1.25. The van der Waals surface area contributed by atoms with Gasteiger partial charge in [-0.2, -0.15) is 0 Å². The Hall–Kier alpha value is -3.68. The molecule has 0 fully saturated rings. The van der Waals surface area contributed by atoms with Crippen molar-refractivity contribution >= 4 is 45.8 Å². The number of carbonyl (C=O) groups is 1. The van der Waals surface area contributed by atoms with Crippen LogP contribution in [0.25, 0.3) is 11.0 Å². The zero-order chi connectivity index (χ0) is 27.0. The molecule has 3 aromatic carbocycles. The molecular formula is C29H25Cl2NO6. The zero-order valence-electron chi connectivity index (χ0n) is 21.0. The maximum absolute atomic E-state index is 13.8. The molecule has 4 aromatic rings. The van der Waals surface area contributed by atoms with Crippen molar-refractivity contribution in [3.8, 4) is 17.2 Å². The lowest BCUT2D eigenvalue weighted by atomic mass is 9.97. The van der Waals surface area contributed by atoms with E-state index in [1.54, 1.807) is 55.6 Å². The minimum absolute atomic E-state index is 0.0380. The van der Waals surface area contributed by atoms with Crippen LogP contribution in [0.4, 0.5) is 5.69 Å². The standard InChI is InChI=1S/C29H25Cl2NO6/c1-4-5-12-37-23-9-6-16(13-24(23)36-3)26-25-27(33)19-14-17(30)7-10-21(19)38-28(25)29(34)32(26)18-8-11-22(35-2)20(31)15-18/h6-11,13-15,26H,4-5,12H2,1-3H3. The Balaban J connectivity index is 1.72. The van der Waals surface area contributed by atoms with E-state index in [1.807, 2.05) is 6.07 Å². The molecular weight excluding hydrogens is 529 g/mol. The third kappa shape index (κ3) is 4.46. The molecule has 0 saturated heterocycles. The van der Waals surface area contributed by atoms with Crippen molar-refractivity contribution in [2.75, 3.05) is 25.7 Å². The molecule has 5 rings (SSSR count). The van der Waals surface area contributed by atoms with Gasteiger partial charge in [-0.1, -0.05) is 42.6 Å². The van der Waals surface area contributed by atoms with Crippen molar-refractivity contribution in [3.05, 3.63) is 91.8 Å². The molecule has 0 radical (unpaired) electrons. The summed E-state index contributed by atoms with van der Waals surface area (Å²) in [4.78, 5) is 29.2. The number of hydrogen-bond acceptors (Lipinski definition) is 6. The summed E-state index contributed by atoms with van der Waals surface area (Å²) in [6, 6.07) is 14.3. The quantitative estimate of drug-likeness (QED) is 0.217. The molecule has 1 atom stereocenters. The third-order valence-corrected chi connectivity index (χ3v) is 7.04. The van der Waals surface area contributed by atoms with Crippen LogP contribution in [-0.2, 0) is 0 Å². The number of carbonyl (C=O) groups excluding carboxylic acids is 1. The highest BCUT2D eigenvalue weighted by Crippen LogP contribution is 2.44. The van der Waals surface area contributed by atoms with Crippen LogP contribution in [0, 0.1) is 0 Å². The molecule has 0 bridgehead atoms. The highest BCUT2D eigenvalue weighted by molar-refractivity contribution is 6.32. The van der Waals surface area contributed by atoms with Crippen LogP contribution in [0.3, 0.4) is 0 Å². The predicted molar refractivity (Wildman–Crippen MR) is 148 cm³/mol. The van der Waals surface area contributed by atoms with E-state index in [0.717, 1.165) is 12.8 Å². The van der Waals surface area contributed by atoms with E-state index in [1.165, 1.54) is 12.0 Å². The number of anilines is 1. The fourth-order valence-electron chi connectivity index (χ4n) is 4.63. The second-order valence-corrected chi connectivity index (χ2v) is 9.67. The number of benzene rings is 3. The van der Waals surface area contributed by atoms with Gasteiger partial charge in [0.2, 0.25) is 5.76 Å². The Bertz CT molecular complexity index is 1600. The number of rotatable bonds is 8. The summed E-state index contributed by atoms with van der Waals surface area (Å²) in [5, 5.41) is 0.996. The van der Waals surface area contributed by atoms with Gasteiger partial charge in [0, 0.05) is 10.7 Å². The molecule has 1 aliphatic rings. The van der Waals surface area contributed by atoms with Crippen LogP contribution in [0.1, 0.15) is 47.5 Å². The van der Waals surface area contributed by atoms with E-state index >= 15 is 0 Å². The minimum Gasteiger partial charge on any atom is -0.495 e. The summed E-state index contributed by atoms with van der Waals surface area (Å²) in [6.07, 6.45) is 1.90.